The van der Waals surface area contributed by atoms with Crippen molar-refractivity contribution in [2.24, 2.45) is 5.73 Å². The maximum absolute atomic E-state index is 11.8. The van der Waals surface area contributed by atoms with Gasteiger partial charge in [0.1, 0.15) is 0 Å². The lowest BCUT2D eigenvalue weighted by molar-refractivity contribution is -0.124. The van der Waals surface area contributed by atoms with Gasteiger partial charge >= 0.3 is 0 Å². The smallest absolute Gasteiger partial charge is 0.235 e. The Morgan fingerprint density at radius 2 is 1.86 bits per heavy atom. The van der Waals surface area contributed by atoms with Crippen molar-refractivity contribution >= 4 is 5.91 Å². The summed E-state index contributed by atoms with van der Waals surface area (Å²) in [6, 6.07) is 17.4. The monoisotopic (exact) mass is 291 g/mol. The molecule has 0 spiro atoms. The van der Waals surface area contributed by atoms with Gasteiger partial charge in [0.2, 0.25) is 5.91 Å². The van der Waals surface area contributed by atoms with E-state index in [1.165, 1.54) is 11.1 Å². The standard InChI is InChI=1S/C18H17N3O/c19-10-13-5-7-14(8-6-13)11-21-12-16-4-2-1-3-15(16)9-17(21)18(20)22/h1-8,17H,9,11-12H2,(H2,20,22)/t17-/m1/s1. The van der Waals surface area contributed by atoms with Gasteiger partial charge in [0.15, 0.2) is 0 Å². The van der Waals surface area contributed by atoms with Crippen LogP contribution in [-0.2, 0) is 24.3 Å². The average Bonchev–Trinajstić information content (AvgIpc) is 2.54. The number of carbonyl (C=O) groups excluding carboxylic acids is 1. The molecule has 1 aliphatic heterocycles. The average molecular weight is 291 g/mol. The summed E-state index contributed by atoms with van der Waals surface area (Å²) in [7, 11) is 0. The normalized spacial score (nSPS) is 17.5. The molecule has 4 nitrogen and oxygen atoms in total. The molecule has 0 unspecified atom stereocenters. The molecule has 3 rings (SSSR count). The minimum Gasteiger partial charge on any atom is -0.368 e. The number of hydrogen-bond acceptors (Lipinski definition) is 3. The molecule has 110 valence electrons. The first-order chi connectivity index (χ1) is 10.7. The number of rotatable bonds is 3. The minimum atomic E-state index is -0.289. The second-order valence-corrected chi connectivity index (χ2v) is 5.60. The highest BCUT2D eigenvalue weighted by Crippen LogP contribution is 2.24. The molecule has 2 N–H and O–H groups in total. The third-order valence-corrected chi connectivity index (χ3v) is 4.14. The Labute approximate surface area is 129 Å². The van der Waals surface area contributed by atoms with Crippen molar-refractivity contribution < 1.29 is 4.79 Å². The Morgan fingerprint density at radius 1 is 1.18 bits per heavy atom. The third kappa shape index (κ3) is 2.85. The number of nitriles is 1. The van der Waals surface area contributed by atoms with Crippen LogP contribution in [0.1, 0.15) is 22.3 Å². The van der Waals surface area contributed by atoms with E-state index in [9.17, 15) is 4.79 Å². The molecule has 1 amide bonds. The number of benzene rings is 2. The number of amides is 1. The Kier molecular flexibility index (Phi) is 3.90. The van der Waals surface area contributed by atoms with Crippen molar-refractivity contribution in [3.8, 4) is 6.07 Å². The van der Waals surface area contributed by atoms with Crippen molar-refractivity contribution in [1.29, 1.82) is 5.26 Å². The van der Waals surface area contributed by atoms with Gasteiger partial charge in [0.25, 0.3) is 0 Å². The van der Waals surface area contributed by atoms with E-state index in [1.807, 2.05) is 24.3 Å². The van der Waals surface area contributed by atoms with Crippen LogP contribution in [0.25, 0.3) is 0 Å². The molecule has 2 aromatic carbocycles. The second kappa shape index (κ2) is 6.00. The Hall–Kier alpha value is -2.64. The molecule has 1 atom stereocenters. The van der Waals surface area contributed by atoms with Crippen LogP contribution in [0.15, 0.2) is 48.5 Å². The van der Waals surface area contributed by atoms with Crippen molar-refractivity contribution in [2.45, 2.75) is 25.6 Å². The Balaban J connectivity index is 1.84. The second-order valence-electron chi connectivity index (χ2n) is 5.60. The zero-order chi connectivity index (χ0) is 15.5. The van der Waals surface area contributed by atoms with E-state index in [-0.39, 0.29) is 11.9 Å². The summed E-state index contributed by atoms with van der Waals surface area (Å²) < 4.78 is 0. The molecule has 1 heterocycles. The number of primary amides is 1. The fourth-order valence-corrected chi connectivity index (χ4v) is 2.94. The molecule has 0 saturated carbocycles. The highest BCUT2D eigenvalue weighted by atomic mass is 16.1. The van der Waals surface area contributed by atoms with Crippen LogP contribution in [-0.4, -0.2) is 16.8 Å². The quantitative estimate of drug-likeness (QED) is 0.940. The summed E-state index contributed by atoms with van der Waals surface area (Å²) >= 11 is 0. The zero-order valence-corrected chi connectivity index (χ0v) is 12.2. The largest absolute Gasteiger partial charge is 0.368 e. The van der Waals surface area contributed by atoms with Crippen molar-refractivity contribution in [3.63, 3.8) is 0 Å². The van der Waals surface area contributed by atoms with Crippen molar-refractivity contribution in [1.82, 2.24) is 4.90 Å². The Bertz CT molecular complexity index is 731. The molecule has 0 aliphatic carbocycles. The summed E-state index contributed by atoms with van der Waals surface area (Å²) in [4.78, 5) is 13.9. The van der Waals surface area contributed by atoms with Crippen LogP contribution in [0.5, 0.6) is 0 Å². The van der Waals surface area contributed by atoms with Crippen LogP contribution in [0.4, 0.5) is 0 Å². The van der Waals surface area contributed by atoms with Gasteiger partial charge in [-0.1, -0.05) is 36.4 Å². The number of nitrogens with zero attached hydrogens (tertiary/aromatic N) is 2. The van der Waals surface area contributed by atoms with Gasteiger partial charge in [-0.15, -0.1) is 0 Å². The molecule has 1 aliphatic rings. The Morgan fingerprint density at radius 3 is 2.50 bits per heavy atom. The molecule has 0 saturated heterocycles. The van der Waals surface area contributed by atoms with Crippen LogP contribution in [0.2, 0.25) is 0 Å². The summed E-state index contributed by atoms with van der Waals surface area (Å²) in [6.45, 7) is 1.36. The maximum Gasteiger partial charge on any atom is 0.235 e. The topological polar surface area (TPSA) is 70.1 Å². The first-order valence-corrected chi connectivity index (χ1v) is 7.26. The first kappa shape index (κ1) is 14.3. The van der Waals surface area contributed by atoms with Gasteiger partial charge in [-0.2, -0.15) is 5.26 Å². The van der Waals surface area contributed by atoms with Gasteiger partial charge in [-0.25, -0.2) is 0 Å². The van der Waals surface area contributed by atoms with E-state index in [0.29, 0.717) is 25.1 Å². The molecular weight excluding hydrogens is 274 g/mol. The van der Waals surface area contributed by atoms with Gasteiger partial charge in [-0.3, -0.25) is 9.69 Å². The zero-order valence-electron chi connectivity index (χ0n) is 12.2. The van der Waals surface area contributed by atoms with E-state index < -0.39 is 0 Å². The fourth-order valence-electron chi connectivity index (χ4n) is 2.94. The molecule has 4 heteroatoms. The minimum absolute atomic E-state index is 0.287. The molecule has 2 aromatic rings. The molecule has 0 aromatic heterocycles. The summed E-state index contributed by atoms with van der Waals surface area (Å²) in [6.07, 6.45) is 0.655. The van der Waals surface area contributed by atoms with E-state index in [2.05, 4.69) is 23.1 Å². The fraction of sp³-hybridized carbons (Fsp3) is 0.222. The SMILES string of the molecule is N#Cc1ccc(CN2Cc3ccccc3C[C@@H]2C(N)=O)cc1. The lowest BCUT2D eigenvalue weighted by Gasteiger charge is -2.35. The molecule has 0 radical (unpaired) electrons. The number of nitrogens with two attached hydrogens (primary N) is 1. The first-order valence-electron chi connectivity index (χ1n) is 7.26. The van der Waals surface area contributed by atoms with Gasteiger partial charge < -0.3 is 5.73 Å². The number of carbonyl (C=O) groups is 1. The number of hydrogen-bond donors (Lipinski definition) is 1. The van der Waals surface area contributed by atoms with Gasteiger partial charge in [-0.05, 0) is 35.2 Å². The van der Waals surface area contributed by atoms with E-state index in [4.69, 9.17) is 11.0 Å². The molecule has 0 fully saturated rings. The van der Waals surface area contributed by atoms with Gasteiger partial charge in [0, 0.05) is 13.1 Å². The van der Waals surface area contributed by atoms with Crippen LogP contribution in [0.3, 0.4) is 0 Å². The highest BCUT2D eigenvalue weighted by Gasteiger charge is 2.29. The molecule has 22 heavy (non-hydrogen) atoms. The number of fused-ring (bicyclic) bond motifs is 1. The van der Waals surface area contributed by atoms with Crippen LogP contribution in [0, 0.1) is 11.3 Å². The van der Waals surface area contributed by atoms with Crippen molar-refractivity contribution in [2.75, 3.05) is 0 Å². The predicted octanol–water partition coefficient (Wildman–Crippen LogP) is 1.97. The summed E-state index contributed by atoms with van der Waals surface area (Å²) in [5.41, 5.74) is 9.74. The van der Waals surface area contributed by atoms with E-state index >= 15 is 0 Å². The summed E-state index contributed by atoms with van der Waals surface area (Å²) in [5.74, 6) is -0.289. The predicted molar refractivity (Wildman–Crippen MR) is 83.5 cm³/mol. The van der Waals surface area contributed by atoms with Gasteiger partial charge in [0.05, 0.1) is 17.7 Å². The van der Waals surface area contributed by atoms with E-state index in [1.54, 1.807) is 12.1 Å². The molecular formula is C18H17N3O. The highest BCUT2D eigenvalue weighted by molar-refractivity contribution is 5.80. The lowest BCUT2D eigenvalue weighted by Crippen LogP contribution is -2.48. The third-order valence-electron chi connectivity index (χ3n) is 4.14. The van der Waals surface area contributed by atoms with Crippen LogP contribution < -0.4 is 5.73 Å². The lowest BCUT2D eigenvalue weighted by atomic mass is 9.93. The van der Waals surface area contributed by atoms with E-state index in [0.717, 1.165) is 5.56 Å². The molecule has 0 bridgehead atoms. The maximum atomic E-state index is 11.8. The van der Waals surface area contributed by atoms with Crippen LogP contribution >= 0.6 is 0 Å². The summed E-state index contributed by atoms with van der Waals surface area (Å²) in [5, 5.41) is 8.85. The van der Waals surface area contributed by atoms with Crippen molar-refractivity contribution in [3.05, 3.63) is 70.8 Å².